The van der Waals surface area contributed by atoms with Crippen LogP contribution in [-0.2, 0) is 6.54 Å². The third-order valence-corrected chi connectivity index (χ3v) is 8.37. The SMILES string of the molecule is C[C@H](CO)N1C[C@H](C)[C@@H](CN(C)Cc2ccccc2)Oc2c(NC(=O)c3ccc(-c4nccs4)cc3)cccc2C1=O. The first kappa shape index (κ1) is 29.4. The van der Waals surface area contributed by atoms with Gasteiger partial charge in [0.1, 0.15) is 11.1 Å². The first-order valence-corrected chi connectivity index (χ1v) is 15.0. The minimum absolute atomic E-state index is 0.0449. The van der Waals surface area contributed by atoms with E-state index in [2.05, 4.69) is 34.3 Å². The number of aliphatic hydroxyl groups excluding tert-OH is 1. The van der Waals surface area contributed by atoms with Crippen molar-refractivity contribution in [2.75, 3.05) is 32.1 Å². The van der Waals surface area contributed by atoms with E-state index in [1.807, 2.05) is 49.7 Å². The summed E-state index contributed by atoms with van der Waals surface area (Å²) in [6, 6.07) is 22.3. The molecule has 42 heavy (non-hydrogen) atoms. The van der Waals surface area contributed by atoms with E-state index >= 15 is 0 Å². The number of aliphatic hydroxyl groups is 1. The van der Waals surface area contributed by atoms with Crippen LogP contribution in [0, 0.1) is 5.92 Å². The van der Waals surface area contributed by atoms with Crippen LogP contribution < -0.4 is 10.1 Å². The smallest absolute Gasteiger partial charge is 0.258 e. The van der Waals surface area contributed by atoms with Gasteiger partial charge in [0.05, 0.1) is 23.9 Å². The van der Waals surface area contributed by atoms with Gasteiger partial charge in [-0.15, -0.1) is 11.3 Å². The summed E-state index contributed by atoms with van der Waals surface area (Å²) >= 11 is 1.54. The maximum Gasteiger partial charge on any atom is 0.258 e. The van der Waals surface area contributed by atoms with Gasteiger partial charge in [-0.3, -0.25) is 14.5 Å². The largest absolute Gasteiger partial charge is 0.486 e. The molecule has 1 aliphatic rings. The lowest BCUT2D eigenvalue weighted by atomic mass is 9.98. The number of carbonyl (C=O) groups excluding carboxylic acids is 2. The Labute approximate surface area is 250 Å². The monoisotopic (exact) mass is 584 g/mol. The zero-order valence-electron chi connectivity index (χ0n) is 24.1. The molecule has 0 spiro atoms. The van der Waals surface area contributed by atoms with E-state index in [1.54, 1.807) is 41.4 Å². The zero-order chi connectivity index (χ0) is 29.6. The number of nitrogens with one attached hydrogen (secondary N) is 1. The molecule has 0 radical (unpaired) electrons. The first-order chi connectivity index (χ1) is 20.3. The van der Waals surface area contributed by atoms with Gasteiger partial charge in [-0.25, -0.2) is 4.98 Å². The van der Waals surface area contributed by atoms with Crippen LogP contribution in [0.1, 0.15) is 40.1 Å². The highest BCUT2D eigenvalue weighted by atomic mass is 32.1. The van der Waals surface area contributed by atoms with E-state index < -0.39 is 0 Å². The van der Waals surface area contributed by atoms with Crippen LogP contribution in [0.25, 0.3) is 10.6 Å². The number of amides is 2. The molecule has 4 aromatic rings. The van der Waals surface area contributed by atoms with Gasteiger partial charge in [0, 0.05) is 48.3 Å². The van der Waals surface area contributed by atoms with Crippen LogP contribution in [0.3, 0.4) is 0 Å². The fraction of sp³-hybridized carbons (Fsp3) is 0.303. The molecule has 3 aromatic carbocycles. The van der Waals surface area contributed by atoms with Crippen LogP contribution in [0.4, 0.5) is 5.69 Å². The average Bonchev–Trinajstić information content (AvgIpc) is 3.55. The Balaban J connectivity index is 1.43. The number of para-hydroxylation sites is 1. The van der Waals surface area contributed by atoms with E-state index in [1.165, 1.54) is 16.9 Å². The molecule has 1 aromatic heterocycles. The quantitative estimate of drug-likeness (QED) is 0.273. The highest BCUT2D eigenvalue weighted by molar-refractivity contribution is 7.13. The van der Waals surface area contributed by atoms with Crippen molar-refractivity contribution in [3.63, 3.8) is 0 Å². The van der Waals surface area contributed by atoms with Crippen molar-refractivity contribution in [3.05, 3.63) is 101 Å². The molecule has 2 heterocycles. The predicted octanol–water partition coefficient (Wildman–Crippen LogP) is 5.41. The molecule has 2 N–H and O–H groups in total. The molecule has 8 nitrogen and oxygen atoms in total. The number of anilines is 1. The van der Waals surface area contributed by atoms with Gasteiger partial charge in [0.2, 0.25) is 0 Å². The number of carbonyl (C=O) groups is 2. The summed E-state index contributed by atoms with van der Waals surface area (Å²) in [7, 11) is 2.05. The molecular weight excluding hydrogens is 548 g/mol. The maximum absolute atomic E-state index is 13.8. The number of hydrogen-bond donors (Lipinski definition) is 2. The third kappa shape index (κ3) is 6.70. The highest BCUT2D eigenvalue weighted by Gasteiger charge is 2.34. The summed E-state index contributed by atoms with van der Waals surface area (Å²) in [6.45, 7) is 5.52. The summed E-state index contributed by atoms with van der Waals surface area (Å²) in [6.07, 6.45) is 1.47. The Hall–Kier alpha value is -4.05. The lowest BCUT2D eigenvalue weighted by Gasteiger charge is -2.38. The Morgan fingerprint density at radius 1 is 1.14 bits per heavy atom. The minimum atomic E-state index is -0.372. The van der Waals surface area contributed by atoms with Gasteiger partial charge in [-0.1, -0.05) is 55.5 Å². The van der Waals surface area contributed by atoms with Crippen molar-refractivity contribution in [3.8, 4) is 16.3 Å². The molecule has 1 aliphatic heterocycles. The summed E-state index contributed by atoms with van der Waals surface area (Å²) in [5.41, 5.74) is 3.40. The van der Waals surface area contributed by atoms with Crippen LogP contribution in [0.15, 0.2) is 84.4 Å². The number of thiazole rings is 1. The predicted molar refractivity (Wildman–Crippen MR) is 166 cm³/mol. The Bertz CT molecular complexity index is 1490. The van der Waals surface area contributed by atoms with Gasteiger partial charge in [0.25, 0.3) is 11.8 Å². The molecule has 9 heteroatoms. The second-order valence-electron chi connectivity index (χ2n) is 10.9. The van der Waals surface area contributed by atoms with Gasteiger partial charge >= 0.3 is 0 Å². The normalized spacial score (nSPS) is 17.6. The Morgan fingerprint density at radius 2 is 1.90 bits per heavy atom. The fourth-order valence-electron chi connectivity index (χ4n) is 5.15. The third-order valence-electron chi connectivity index (χ3n) is 7.55. The van der Waals surface area contributed by atoms with Crippen molar-refractivity contribution in [1.29, 1.82) is 0 Å². The zero-order valence-corrected chi connectivity index (χ0v) is 24.9. The lowest BCUT2D eigenvalue weighted by molar-refractivity contribution is 0.0343. The van der Waals surface area contributed by atoms with Gasteiger partial charge in [-0.05, 0) is 43.8 Å². The lowest BCUT2D eigenvalue weighted by Crippen LogP contribution is -2.49. The van der Waals surface area contributed by atoms with Gasteiger partial charge in [0.15, 0.2) is 5.75 Å². The average molecular weight is 585 g/mol. The van der Waals surface area contributed by atoms with Crippen molar-refractivity contribution in [2.24, 2.45) is 5.92 Å². The highest BCUT2D eigenvalue weighted by Crippen LogP contribution is 2.35. The maximum atomic E-state index is 13.8. The summed E-state index contributed by atoms with van der Waals surface area (Å²) in [5, 5.41) is 15.7. The molecule has 0 saturated heterocycles. The summed E-state index contributed by atoms with van der Waals surface area (Å²) in [5.74, 6) is -0.247. The standard InChI is InChI=1S/C33H36N4O4S/c1-22-18-37(23(2)21-38)33(40)27-10-7-11-28(30(27)41-29(22)20-36(3)19-24-8-5-4-6-9-24)35-31(39)25-12-14-26(15-13-25)32-34-16-17-42-32/h4-17,22-23,29,38H,18-21H2,1-3H3,(H,35,39)/t22-,23+,29+/m0/s1. The molecule has 2 amide bonds. The van der Waals surface area contributed by atoms with E-state index in [-0.39, 0.29) is 36.5 Å². The number of fused-ring (bicyclic) bond motifs is 1. The molecular formula is C33H36N4O4S. The molecule has 0 bridgehead atoms. The number of likely N-dealkylation sites (N-methyl/N-ethyl adjacent to an activating group) is 1. The fourth-order valence-corrected chi connectivity index (χ4v) is 5.80. The number of ether oxygens (including phenoxy) is 1. The minimum Gasteiger partial charge on any atom is -0.486 e. The van der Waals surface area contributed by atoms with Crippen LogP contribution >= 0.6 is 11.3 Å². The van der Waals surface area contributed by atoms with Crippen molar-refractivity contribution in [2.45, 2.75) is 32.5 Å². The van der Waals surface area contributed by atoms with Crippen LogP contribution in [0.5, 0.6) is 5.75 Å². The van der Waals surface area contributed by atoms with Crippen molar-refractivity contribution in [1.82, 2.24) is 14.8 Å². The number of rotatable bonds is 9. The molecule has 218 valence electrons. The molecule has 3 atom stereocenters. The topological polar surface area (TPSA) is 95.0 Å². The van der Waals surface area contributed by atoms with E-state index in [0.29, 0.717) is 35.7 Å². The second kappa shape index (κ2) is 13.3. The van der Waals surface area contributed by atoms with Crippen molar-refractivity contribution < 1.29 is 19.4 Å². The second-order valence-corrected chi connectivity index (χ2v) is 11.8. The van der Waals surface area contributed by atoms with Gasteiger partial charge < -0.3 is 20.1 Å². The Kier molecular flexibility index (Phi) is 9.31. The molecule has 0 fully saturated rings. The number of hydrogen-bond acceptors (Lipinski definition) is 7. The van der Waals surface area contributed by atoms with Crippen LogP contribution in [0.2, 0.25) is 0 Å². The summed E-state index contributed by atoms with van der Waals surface area (Å²) in [4.78, 5) is 35.4. The molecule has 5 rings (SSSR count). The van der Waals surface area contributed by atoms with E-state index in [0.717, 1.165) is 17.1 Å². The number of nitrogens with zero attached hydrogens (tertiary/aromatic N) is 3. The van der Waals surface area contributed by atoms with E-state index in [9.17, 15) is 14.7 Å². The number of aromatic nitrogens is 1. The van der Waals surface area contributed by atoms with Gasteiger partial charge in [-0.2, -0.15) is 0 Å². The van der Waals surface area contributed by atoms with Crippen LogP contribution in [-0.4, -0.2) is 70.6 Å². The van der Waals surface area contributed by atoms with E-state index in [4.69, 9.17) is 4.74 Å². The Morgan fingerprint density at radius 3 is 2.60 bits per heavy atom. The molecule has 0 saturated carbocycles. The summed E-state index contributed by atoms with van der Waals surface area (Å²) < 4.78 is 6.65. The van der Waals surface area contributed by atoms with Crippen molar-refractivity contribution >= 4 is 28.8 Å². The first-order valence-electron chi connectivity index (χ1n) is 14.1. The molecule has 0 aliphatic carbocycles. The number of benzene rings is 3. The molecule has 0 unspecified atom stereocenters.